The van der Waals surface area contributed by atoms with E-state index in [1.165, 1.54) is 0 Å². The summed E-state index contributed by atoms with van der Waals surface area (Å²) < 4.78 is 5.08. The minimum Gasteiger partial charge on any atom is -0.495 e. The molecule has 20 heavy (non-hydrogen) atoms. The number of hydrogen-bond donors (Lipinski definition) is 2. The van der Waals surface area contributed by atoms with Crippen LogP contribution in [0.2, 0.25) is 5.02 Å². The van der Waals surface area contributed by atoms with Crippen LogP contribution in [-0.4, -0.2) is 30.8 Å². The second-order valence-electron chi connectivity index (χ2n) is 5.18. The second-order valence-corrected chi connectivity index (χ2v) is 5.58. The summed E-state index contributed by atoms with van der Waals surface area (Å²) in [7, 11) is 1.57. The van der Waals surface area contributed by atoms with Gasteiger partial charge in [0.05, 0.1) is 18.2 Å². The van der Waals surface area contributed by atoms with Crippen LogP contribution in [0, 0.1) is 5.92 Å². The summed E-state index contributed by atoms with van der Waals surface area (Å²) in [6.45, 7) is 0.354. The molecular weight excluding hydrogens is 278 g/mol. The molecule has 1 saturated carbocycles. The van der Waals surface area contributed by atoms with Crippen molar-refractivity contribution >= 4 is 17.5 Å². The number of benzene rings is 1. The summed E-state index contributed by atoms with van der Waals surface area (Å²) in [5, 5.41) is 13.0. The molecule has 0 saturated heterocycles. The Hall–Kier alpha value is -1.26. The number of aryl methyl sites for hydroxylation is 1. The van der Waals surface area contributed by atoms with Gasteiger partial charge in [-0.2, -0.15) is 0 Å². The Morgan fingerprint density at radius 1 is 1.55 bits per heavy atom. The highest BCUT2D eigenvalue weighted by atomic mass is 35.5. The SMILES string of the molecule is COc1ccc(CCC(=O)NCC(O)C2CC2)cc1Cl. The molecule has 110 valence electrons. The molecule has 5 heteroatoms. The van der Waals surface area contributed by atoms with E-state index in [9.17, 15) is 9.90 Å². The molecule has 0 radical (unpaired) electrons. The maximum atomic E-state index is 11.7. The highest BCUT2D eigenvalue weighted by molar-refractivity contribution is 6.32. The second kappa shape index (κ2) is 6.95. The molecule has 1 aromatic carbocycles. The van der Waals surface area contributed by atoms with Crippen LogP contribution in [0.25, 0.3) is 0 Å². The fourth-order valence-corrected chi connectivity index (χ4v) is 2.36. The number of nitrogens with one attached hydrogen (secondary N) is 1. The normalized spacial score (nSPS) is 15.8. The zero-order valence-electron chi connectivity index (χ0n) is 11.6. The van der Waals surface area contributed by atoms with E-state index in [0.29, 0.717) is 36.1 Å². The van der Waals surface area contributed by atoms with E-state index < -0.39 is 6.10 Å². The Balaban J connectivity index is 1.73. The lowest BCUT2D eigenvalue weighted by Gasteiger charge is -2.11. The third kappa shape index (κ3) is 4.39. The fourth-order valence-electron chi connectivity index (χ4n) is 2.08. The molecule has 0 heterocycles. The lowest BCUT2D eigenvalue weighted by atomic mass is 10.1. The molecule has 2 rings (SSSR count). The van der Waals surface area contributed by atoms with Gasteiger partial charge in [-0.15, -0.1) is 0 Å². The molecule has 0 aromatic heterocycles. The Kier molecular flexibility index (Phi) is 5.26. The van der Waals surface area contributed by atoms with Gasteiger partial charge in [0.1, 0.15) is 5.75 Å². The van der Waals surface area contributed by atoms with Gasteiger partial charge in [-0.1, -0.05) is 17.7 Å². The summed E-state index contributed by atoms with van der Waals surface area (Å²) in [4.78, 5) is 11.7. The molecular formula is C15H20ClNO3. The molecule has 1 unspecified atom stereocenters. The average molecular weight is 298 g/mol. The van der Waals surface area contributed by atoms with Gasteiger partial charge in [0.15, 0.2) is 0 Å². The van der Waals surface area contributed by atoms with E-state index in [1.54, 1.807) is 13.2 Å². The average Bonchev–Trinajstić information content (AvgIpc) is 3.27. The molecule has 1 aliphatic carbocycles. The Morgan fingerprint density at radius 3 is 2.90 bits per heavy atom. The Morgan fingerprint density at radius 2 is 2.30 bits per heavy atom. The molecule has 1 aliphatic rings. The van der Waals surface area contributed by atoms with Gasteiger partial charge in [-0.25, -0.2) is 0 Å². The summed E-state index contributed by atoms with van der Waals surface area (Å²) in [6.07, 6.45) is 2.76. The Labute approximate surface area is 124 Å². The summed E-state index contributed by atoms with van der Waals surface area (Å²) in [5.41, 5.74) is 0.994. The zero-order valence-corrected chi connectivity index (χ0v) is 12.3. The van der Waals surface area contributed by atoms with Crippen LogP contribution in [0.4, 0.5) is 0 Å². The third-order valence-electron chi connectivity index (χ3n) is 3.53. The van der Waals surface area contributed by atoms with Gasteiger partial charge in [0.25, 0.3) is 0 Å². The third-order valence-corrected chi connectivity index (χ3v) is 3.83. The zero-order chi connectivity index (χ0) is 14.5. The quantitative estimate of drug-likeness (QED) is 0.811. The number of methoxy groups -OCH3 is 1. The van der Waals surface area contributed by atoms with Gasteiger partial charge < -0.3 is 15.2 Å². The van der Waals surface area contributed by atoms with Crippen molar-refractivity contribution in [3.05, 3.63) is 28.8 Å². The molecule has 1 fully saturated rings. The van der Waals surface area contributed by atoms with Crippen molar-refractivity contribution in [1.29, 1.82) is 0 Å². The first-order valence-electron chi connectivity index (χ1n) is 6.87. The van der Waals surface area contributed by atoms with Gasteiger partial charge in [-0.05, 0) is 42.9 Å². The van der Waals surface area contributed by atoms with E-state index in [1.807, 2.05) is 12.1 Å². The summed E-state index contributed by atoms with van der Waals surface area (Å²) >= 11 is 6.03. The van der Waals surface area contributed by atoms with Crippen LogP contribution in [0.15, 0.2) is 18.2 Å². The monoisotopic (exact) mass is 297 g/mol. The van der Waals surface area contributed by atoms with E-state index >= 15 is 0 Å². The molecule has 1 aromatic rings. The van der Waals surface area contributed by atoms with Gasteiger partial charge >= 0.3 is 0 Å². The molecule has 1 amide bonds. The largest absolute Gasteiger partial charge is 0.495 e. The number of halogens is 1. The van der Waals surface area contributed by atoms with Crippen LogP contribution in [0.5, 0.6) is 5.75 Å². The molecule has 2 N–H and O–H groups in total. The van der Waals surface area contributed by atoms with Crippen LogP contribution >= 0.6 is 11.6 Å². The van der Waals surface area contributed by atoms with Crippen LogP contribution in [-0.2, 0) is 11.2 Å². The maximum absolute atomic E-state index is 11.7. The number of hydrogen-bond acceptors (Lipinski definition) is 3. The van der Waals surface area contributed by atoms with Crippen LogP contribution in [0.3, 0.4) is 0 Å². The molecule has 0 aliphatic heterocycles. The van der Waals surface area contributed by atoms with E-state index in [2.05, 4.69) is 5.32 Å². The maximum Gasteiger partial charge on any atom is 0.220 e. The summed E-state index contributed by atoms with van der Waals surface area (Å²) in [6, 6.07) is 5.51. The standard InChI is InChI=1S/C15H20ClNO3/c1-20-14-6-2-10(8-12(14)16)3-7-15(19)17-9-13(18)11-4-5-11/h2,6,8,11,13,18H,3-5,7,9H2,1H3,(H,17,19). The lowest BCUT2D eigenvalue weighted by Crippen LogP contribution is -2.33. The van der Waals surface area contributed by atoms with E-state index in [-0.39, 0.29) is 5.91 Å². The first-order chi connectivity index (χ1) is 9.60. The molecule has 0 bridgehead atoms. The first-order valence-corrected chi connectivity index (χ1v) is 7.25. The highest BCUT2D eigenvalue weighted by Crippen LogP contribution is 2.32. The lowest BCUT2D eigenvalue weighted by molar-refractivity contribution is -0.121. The first kappa shape index (κ1) is 15.1. The predicted octanol–water partition coefficient (Wildman–Crippen LogP) is 2.17. The van der Waals surface area contributed by atoms with E-state index in [4.69, 9.17) is 16.3 Å². The smallest absolute Gasteiger partial charge is 0.220 e. The van der Waals surface area contributed by atoms with Crippen molar-refractivity contribution in [3.8, 4) is 5.75 Å². The van der Waals surface area contributed by atoms with Gasteiger partial charge in [0.2, 0.25) is 5.91 Å². The minimum atomic E-state index is -0.394. The van der Waals surface area contributed by atoms with Gasteiger partial charge in [-0.3, -0.25) is 4.79 Å². The van der Waals surface area contributed by atoms with Crippen molar-refractivity contribution in [3.63, 3.8) is 0 Å². The predicted molar refractivity (Wildman–Crippen MR) is 78.1 cm³/mol. The van der Waals surface area contributed by atoms with Crippen molar-refractivity contribution in [2.75, 3.05) is 13.7 Å². The number of amides is 1. The van der Waals surface area contributed by atoms with Crippen molar-refractivity contribution in [2.24, 2.45) is 5.92 Å². The van der Waals surface area contributed by atoms with Gasteiger partial charge in [0, 0.05) is 13.0 Å². The Bertz CT molecular complexity index is 474. The molecule has 4 nitrogen and oxygen atoms in total. The van der Waals surface area contributed by atoms with Crippen molar-refractivity contribution in [1.82, 2.24) is 5.32 Å². The number of aliphatic hydroxyl groups excluding tert-OH is 1. The summed E-state index contributed by atoms with van der Waals surface area (Å²) in [5.74, 6) is 0.972. The van der Waals surface area contributed by atoms with Crippen molar-refractivity contribution in [2.45, 2.75) is 31.8 Å². The van der Waals surface area contributed by atoms with E-state index in [0.717, 1.165) is 18.4 Å². The minimum absolute atomic E-state index is 0.0448. The molecule has 0 spiro atoms. The number of carbonyl (C=O) groups excluding carboxylic acids is 1. The number of carbonyl (C=O) groups is 1. The van der Waals surface area contributed by atoms with Crippen molar-refractivity contribution < 1.29 is 14.6 Å². The fraction of sp³-hybridized carbons (Fsp3) is 0.533. The number of ether oxygens (including phenoxy) is 1. The highest BCUT2D eigenvalue weighted by Gasteiger charge is 2.29. The van der Waals surface area contributed by atoms with Crippen LogP contribution < -0.4 is 10.1 Å². The molecule has 1 atom stereocenters. The van der Waals surface area contributed by atoms with Crippen LogP contribution in [0.1, 0.15) is 24.8 Å². The topological polar surface area (TPSA) is 58.6 Å². The number of rotatable bonds is 7. The number of aliphatic hydroxyl groups is 1.